The Labute approximate surface area is 163 Å². The van der Waals surface area contributed by atoms with Crippen molar-refractivity contribution in [1.82, 2.24) is 24.9 Å². The smallest absolute Gasteiger partial charge is 0.197 e. The Hall–Kier alpha value is -2.86. The highest BCUT2D eigenvalue weighted by atomic mass is 16.5. The third-order valence-corrected chi connectivity index (χ3v) is 5.94. The Bertz CT molecular complexity index is 1140. The van der Waals surface area contributed by atoms with Crippen molar-refractivity contribution in [2.45, 2.75) is 32.1 Å². The number of ether oxygens (including phenoxy) is 1. The Balaban J connectivity index is 1.65. The number of fused-ring (bicyclic) bond motifs is 2. The van der Waals surface area contributed by atoms with Crippen molar-refractivity contribution < 1.29 is 4.74 Å². The van der Waals surface area contributed by atoms with Gasteiger partial charge in [-0.05, 0) is 67.6 Å². The van der Waals surface area contributed by atoms with Gasteiger partial charge in [-0.3, -0.25) is 0 Å². The number of methoxy groups -OCH3 is 1. The van der Waals surface area contributed by atoms with Gasteiger partial charge in [0.15, 0.2) is 11.4 Å². The summed E-state index contributed by atoms with van der Waals surface area (Å²) in [6.45, 7) is 4.44. The zero-order valence-corrected chi connectivity index (χ0v) is 16.3. The van der Waals surface area contributed by atoms with Gasteiger partial charge in [-0.25, -0.2) is 9.50 Å². The number of hydrogen-bond donors (Lipinski definition) is 2. The molecule has 0 radical (unpaired) electrons. The van der Waals surface area contributed by atoms with Gasteiger partial charge in [0.2, 0.25) is 0 Å². The molecule has 0 bridgehead atoms. The molecular weight excluding hydrogens is 350 g/mol. The second kappa shape index (κ2) is 6.95. The first-order valence-corrected chi connectivity index (χ1v) is 10.0. The fourth-order valence-electron chi connectivity index (χ4n) is 4.47. The lowest BCUT2D eigenvalue weighted by molar-refractivity contribution is 0.416. The molecule has 0 amide bonds. The standard InChI is InChI=1S/C22H25N5O/c1-3-17-18-10-15(14-6-8-23-9-7-14)4-5-19(18)26-21(17)16-11-20(28-2)22-24-13-25-27(22)12-16/h4-5,10-14,23,26H,3,6-9H2,1-2H3. The van der Waals surface area contributed by atoms with Crippen molar-refractivity contribution in [3.8, 4) is 17.0 Å². The molecule has 0 aliphatic carbocycles. The second-order valence-corrected chi connectivity index (χ2v) is 7.49. The summed E-state index contributed by atoms with van der Waals surface area (Å²) in [5.74, 6) is 1.38. The van der Waals surface area contributed by atoms with Gasteiger partial charge in [-0.1, -0.05) is 13.0 Å². The molecule has 0 atom stereocenters. The van der Waals surface area contributed by atoms with Gasteiger partial charge in [0.05, 0.1) is 12.8 Å². The predicted molar refractivity (Wildman–Crippen MR) is 111 cm³/mol. The number of nitrogens with zero attached hydrogens (tertiary/aromatic N) is 3. The van der Waals surface area contributed by atoms with Crippen LogP contribution in [-0.2, 0) is 6.42 Å². The van der Waals surface area contributed by atoms with Gasteiger partial charge in [0, 0.05) is 22.7 Å². The molecule has 4 heterocycles. The van der Waals surface area contributed by atoms with Crippen molar-refractivity contribution in [3.63, 3.8) is 0 Å². The fourth-order valence-corrected chi connectivity index (χ4v) is 4.47. The van der Waals surface area contributed by atoms with Crippen LogP contribution in [0, 0.1) is 0 Å². The number of piperidine rings is 1. The van der Waals surface area contributed by atoms with Gasteiger partial charge in [0.25, 0.3) is 0 Å². The SMILES string of the molecule is CCc1c(-c2cc(OC)c3ncnn3c2)[nH]c2ccc(C3CCNCC3)cc12. The van der Waals surface area contributed by atoms with Crippen molar-refractivity contribution in [1.29, 1.82) is 0 Å². The minimum atomic E-state index is 0.653. The molecule has 144 valence electrons. The van der Waals surface area contributed by atoms with Gasteiger partial charge in [-0.15, -0.1) is 0 Å². The second-order valence-electron chi connectivity index (χ2n) is 7.49. The van der Waals surface area contributed by atoms with E-state index < -0.39 is 0 Å². The minimum absolute atomic E-state index is 0.653. The third-order valence-electron chi connectivity index (χ3n) is 5.94. The van der Waals surface area contributed by atoms with Crippen LogP contribution in [0.15, 0.2) is 36.8 Å². The number of rotatable bonds is 4. The van der Waals surface area contributed by atoms with Crippen molar-refractivity contribution in [2.24, 2.45) is 0 Å². The van der Waals surface area contributed by atoms with E-state index in [0.29, 0.717) is 5.92 Å². The topological polar surface area (TPSA) is 67.2 Å². The molecule has 0 unspecified atom stereocenters. The maximum Gasteiger partial charge on any atom is 0.197 e. The van der Waals surface area contributed by atoms with E-state index in [2.05, 4.69) is 45.5 Å². The maximum atomic E-state index is 5.55. The van der Waals surface area contributed by atoms with E-state index in [1.807, 2.05) is 12.3 Å². The van der Waals surface area contributed by atoms with Gasteiger partial charge in [0.1, 0.15) is 6.33 Å². The Morgan fingerprint density at radius 2 is 2.07 bits per heavy atom. The van der Waals surface area contributed by atoms with Crippen LogP contribution in [0.4, 0.5) is 0 Å². The summed E-state index contributed by atoms with van der Waals surface area (Å²) in [7, 11) is 1.67. The molecule has 1 aliphatic heterocycles. The quantitative estimate of drug-likeness (QED) is 0.567. The fraction of sp³-hybridized carbons (Fsp3) is 0.364. The first-order valence-electron chi connectivity index (χ1n) is 10.0. The number of benzene rings is 1. The molecule has 1 aliphatic rings. The third kappa shape index (κ3) is 2.76. The van der Waals surface area contributed by atoms with Crippen LogP contribution in [0.2, 0.25) is 0 Å². The van der Waals surface area contributed by atoms with Crippen LogP contribution < -0.4 is 10.1 Å². The Kier molecular flexibility index (Phi) is 4.28. The number of aromatic amines is 1. The molecule has 6 heteroatoms. The number of aryl methyl sites for hydroxylation is 1. The Morgan fingerprint density at radius 3 is 2.86 bits per heavy atom. The summed E-state index contributed by atoms with van der Waals surface area (Å²) in [6, 6.07) is 8.97. The predicted octanol–water partition coefficient (Wildman–Crippen LogP) is 3.92. The van der Waals surface area contributed by atoms with Crippen LogP contribution >= 0.6 is 0 Å². The number of aromatic nitrogens is 4. The number of pyridine rings is 1. The van der Waals surface area contributed by atoms with E-state index in [0.717, 1.165) is 42.2 Å². The molecule has 1 aromatic carbocycles. The first-order chi connectivity index (χ1) is 13.8. The van der Waals surface area contributed by atoms with Crippen LogP contribution in [0.5, 0.6) is 5.75 Å². The van der Waals surface area contributed by atoms with E-state index in [1.54, 1.807) is 18.0 Å². The number of nitrogens with one attached hydrogen (secondary N) is 2. The lowest BCUT2D eigenvalue weighted by atomic mass is 9.89. The molecular formula is C22H25N5O. The summed E-state index contributed by atoms with van der Waals surface area (Å²) in [4.78, 5) is 7.92. The highest BCUT2D eigenvalue weighted by Gasteiger charge is 2.19. The molecule has 6 nitrogen and oxygen atoms in total. The maximum absolute atomic E-state index is 5.55. The molecule has 0 spiro atoms. The van der Waals surface area contributed by atoms with Gasteiger partial charge in [-0.2, -0.15) is 5.10 Å². The molecule has 1 fully saturated rings. The summed E-state index contributed by atoms with van der Waals surface area (Å²) in [5.41, 5.74) is 6.91. The molecule has 28 heavy (non-hydrogen) atoms. The van der Waals surface area contributed by atoms with E-state index in [4.69, 9.17) is 4.74 Å². The lowest BCUT2D eigenvalue weighted by Gasteiger charge is -2.23. The van der Waals surface area contributed by atoms with E-state index in [9.17, 15) is 0 Å². The largest absolute Gasteiger partial charge is 0.493 e. The van der Waals surface area contributed by atoms with Gasteiger partial charge >= 0.3 is 0 Å². The highest BCUT2D eigenvalue weighted by molar-refractivity contribution is 5.91. The van der Waals surface area contributed by atoms with Crippen LogP contribution in [0.3, 0.4) is 0 Å². The normalized spacial score (nSPS) is 15.5. The highest BCUT2D eigenvalue weighted by Crippen LogP contribution is 2.36. The average molecular weight is 375 g/mol. The zero-order chi connectivity index (χ0) is 19.1. The van der Waals surface area contributed by atoms with E-state index in [-0.39, 0.29) is 0 Å². The molecule has 4 aromatic rings. The molecule has 3 aromatic heterocycles. The molecule has 0 saturated carbocycles. The van der Waals surface area contributed by atoms with Crippen molar-refractivity contribution in [2.75, 3.05) is 20.2 Å². The van der Waals surface area contributed by atoms with E-state index in [1.165, 1.54) is 34.9 Å². The molecule has 2 N–H and O–H groups in total. The molecule has 1 saturated heterocycles. The van der Waals surface area contributed by atoms with Crippen LogP contribution in [0.25, 0.3) is 27.8 Å². The Morgan fingerprint density at radius 1 is 1.21 bits per heavy atom. The van der Waals surface area contributed by atoms with Crippen LogP contribution in [0.1, 0.15) is 36.8 Å². The monoisotopic (exact) mass is 375 g/mol. The number of H-pyrrole nitrogens is 1. The summed E-state index contributed by atoms with van der Waals surface area (Å²) in [6.07, 6.45) is 6.96. The zero-order valence-electron chi connectivity index (χ0n) is 16.3. The average Bonchev–Trinajstić information content (AvgIpc) is 3.37. The summed E-state index contributed by atoms with van der Waals surface area (Å²) < 4.78 is 7.33. The van der Waals surface area contributed by atoms with Gasteiger partial charge < -0.3 is 15.0 Å². The lowest BCUT2D eigenvalue weighted by Crippen LogP contribution is -2.26. The summed E-state index contributed by atoms with van der Waals surface area (Å²) in [5, 5.41) is 9.09. The minimum Gasteiger partial charge on any atom is -0.493 e. The van der Waals surface area contributed by atoms with Crippen molar-refractivity contribution in [3.05, 3.63) is 47.9 Å². The molecule has 5 rings (SSSR count). The number of hydrogen-bond acceptors (Lipinski definition) is 4. The van der Waals surface area contributed by atoms with Crippen molar-refractivity contribution >= 4 is 16.6 Å². The summed E-state index contributed by atoms with van der Waals surface area (Å²) >= 11 is 0. The van der Waals surface area contributed by atoms with E-state index >= 15 is 0 Å². The van der Waals surface area contributed by atoms with Crippen LogP contribution in [-0.4, -0.2) is 39.8 Å². The first kappa shape index (κ1) is 17.3.